The van der Waals surface area contributed by atoms with Crippen molar-refractivity contribution in [3.05, 3.63) is 0 Å². The van der Waals surface area contributed by atoms with Crippen molar-refractivity contribution in [1.29, 1.82) is 0 Å². The topological polar surface area (TPSA) is 70.2 Å². The van der Waals surface area contributed by atoms with E-state index in [2.05, 4.69) is 22.9 Å². The fourth-order valence-corrected chi connectivity index (χ4v) is 1.79. The van der Waals surface area contributed by atoms with E-state index in [1.54, 1.807) is 13.8 Å². The number of imide groups is 1. The summed E-state index contributed by atoms with van der Waals surface area (Å²) in [5, 5.41) is 7.87. The molecule has 0 aromatic heterocycles. The first kappa shape index (κ1) is 16.2. The maximum atomic E-state index is 11.5. The number of hydrogen-bond acceptors (Lipinski definition) is 4. The third-order valence-corrected chi connectivity index (χ3v) is 3.07. The molecule has 0 aromatic rings. The van der Waals surface area contributed by atoms with Gasteiger partial charge in [0, 0.05) is 6.54 Å². The summed E-state index contributed by atoms with van der Waals surface area (Å²) in [6, 6.07) is -0.781. The minimum absolute atomic E-state index is 0.293. The van der Waals surface area contributed by atoms with Crippen molar-refractivity contribution >= 4 is 23.7 Å². The molecule has 0 spiro atoms. The van der Waals surface area contributed by atoms with E-state index in [1.165, 1.54) is 0 Å². The van der Waals surface area contributed by atoms with Crippen molar-refractivity contribution in [3.8, 4) is 0 Å². The minimum atomic E-state index is -0.437. The van der Waals surface area contributed by atoms with Gasteiger partial charge in [0.2, 0.25) is 5.91 Å². The van der Waals surface area contributed by atoms with Crippen molar-refractivity contribution in [3.63, 3.8) is 0 Å². The summed E-state index contributed by atoms with van der Waals surface area (Å²) in [5.41, 5.74) is 0. The van der Waals surface area contributed by atoms with E-state index in [-0.39, 0.29) is 11.9 Å². The molecule has 0 aromatic carbocycles. The van der Waals surface area contributed by atoms with Gasteiger partial charge in [-0.25, -0.2) is 4.79 Å². The quantitative estimate of drug-likeness (QED) is 0.569. The standard InChI is InChI=1S/C11H23N3O2S/c1-4-12-11(16)14-10(15)9(3)13-7-6-8-17-5-2/h9,13H,4-8H2,1-3H3,(H2,12,14,15,16). The molecule has 0 radical (unpaired) electrons. The Morgan fingerprint density at radius 3 is 2.59 bits per heavy atom. The van der Waals surface area contributed by atoms with Crippen LogP contribution < -0.4 is 16.0 Å². The van der Waals surface area contributed by atoms with Crippen LogP contribution in [0.1, 0.15) is 27.2 Å². The number of rotatable bonds is 8. The van der Waals surface area contributed by atoms with Gasteiger partial charge in [-0.3, -0.25) is 10.1 Å². The number of amides is 3. The Balaban J connectivity index is 3.63. The van der Waals surface area contributed by atoms with Gasteiger partial charge >= 0.3 is 6.03 Å². The maximum absolute atomic E-state index is 11.5. The molecule has 0 aliphatic rings. The predicted octanol–water partition coefficient (Wildman–Crippen LogP) is 0.953. The van der Waals surface area contributed by atoms with Crippen molar-refractivity contribution in [2.45, 2.75) is 33.2 Å². The van der Waals surface area contributed by atoms with Crippen molar-refractivity contribution in [2.24, 2.45) is 0 Å². The molecule has 1 atom stereocenters. The van der Waals surface area contributed by atoms with Crippen LogP contribution in [0.25, 0.3) is 0 Å². The van der Waals surface area contributed by atoms with Gasteiger partial charge in [-0.2, -0.15) is 11.8 Å². The van der Waals surface area contributed by atoms with E-state index in [1.807, 2.05) is 11.8 Å². The van der Waals surface area contributed by atoms with E-state index in [9.17, 15) is 9.59 Å². The molecule has 0 saturated heterocycles. The van der Waals surface area contributed by atoms with Crippen LogP contribution >= 0.6 is 11.8 Å². The van der Waals surface area contributed by atoms with E-state index >= 15 is 0 Å². The zero-order valence-corrected chi connectivity index (χ0v) is 11.7. The fourth-order valence-electron chi connectivity index (χ4n) is 1.15. The second-order valence-electron chi connectivity index (χ2n) is 3.57. The van der Waals surface area contributed by atoms with E-state index < -0.39 is 6.03 Å². The van der Waals surface area contributed by atoms with E-state index in [0.29, 0.717) is 6.54 Å². The summed E-state index contributed by atoms with van der Waals surface area (Å²) in [4.78, 5) is 22.6. The largest absolute Gasteiger partial charge is 0.338 e. The second kappa shape index (κ2) is 10.4. The van der Waals surface area contributed by atoms with Crippen molar-refractivity contribution in [2.75, 3.05) is 24.6 Å². The first-order chi connectivity index (χ1) is 8.11. The monoisotopic (exact) mass is 261 g/mol. The fraction of sp³-hybridized carbons (Fsp3) is 0.818. The highest BCUT2D eigenvalue weighted by Gasteiger charge is 2.13. The average molecular weight is 261 g/mol. The summed E-state index contributed by atoms with van der Waals surface area (Å²) in [5.74, 6) is 1.92. The van der Waals surface area contributed by atoms with Crippen molar-refractivity contribution in [1.82, 2.24) is 16.0 Å². The van der Waals surface area contributed by atoms with Crippen LogP contribution in [0.15, 0.2) is 0 Å². The Kier molecular flexibility index (Phi) is 9.95. The highest BCUT2D eigenvalue weighted by molar-refractivity contribution is 7.99. The molecule has 0 saturated carbocycles. The van der Waals surface area contributed by atoms with Gasteiger partial charge in [0.1, 0.15) is 0 Å². The lowest BCUT2D eigenvalue weighted by Crippen LogP contribution is -2.48. The van der Waals surface area contributed by atoms with Crippen LogP contribution in [0.5, 0.6) is 0 Å². The smallest absolute Gasteiger partial charge is 0.321 e. The van der Waals surface area contributed by atoms with Crippen LogP contribution in [-0.2, 0) is 4.79 Å². The van der Waals surface area contributed by atoms with E-state index in [4.69, 9.17) is 0 Å². The van der Waals surface area contributed by atoms with Crippen LogP contribution in [0.4, 0.5) is 4.79 Å². The van der Waals surface area contributed by atoms with Gasteiger partial charge in [0.15, 0.2) is 0 Å². The molecule has 0 aliphatic heterocycles. The molecule has 0 rings (SSSR count). The predicted molar refractivity (Wildman–Crippen MR) is 72.3 cm³/mol. The Hall–Kier alpha value is -0.750. The minimum Gasteiger partial charge on any atom is -0.338 e. The highest BCUT2D eigenvalue weighted by Crippen LogP contribution is 1.99. The first-order valence-corrected chi connectivity index (χ1v) is 7.17. The number of urea groups is 1. The molecular weight excluding hydrogens is 238 g/mol. The van der Waals surface area contributed by atoms with Gasteiger partial charge in [-0.05, 0) is 38.3 Å². The molecule has 100 valence electrons. The molecule has 0 heterocycles. The van der Waals surface area contributed by atoms with E-state index in [0.717, 1.165) is 24.5 Å². The normalized spacial score (nSPS) is 11.9. The SMILES string of the molecule is CCNC(=O)NC(=O)C(C)NCCCSCC. The van der Waals surface area contributed by atoms with Gasteiger partial charge < -0.3 is 10.6 Å². The molecule has 0 bridgehead atoms. The summed E-state index contributed by atoms with van der Waals surface area (Å²) >= 11 is 1.88. The van der Waals surface area contributed by atoms with Crippen LogP contribution in [-0.4, -0.2) is 42.6 Å². The van der Waals surface area contributed by atoms with Crippen LogP contribution in [0.3, 0.4) is 0 Å². The Morgan fingerprint density at radius 1 is 1.29 bits per heavy atom. The van der Waals surface area contributed by atoms with Gasteiger partial charge in [0.05, 0.1) is 6.04 Å². The molecule has 5 nitrogen and oxygen atoms in total. The second-order valence-corrected chi connectivity index (χ2v) is 4.97. The summed E-state index contributed by atoms with van der Waals surface area (Å²) in [7, 11) is 0. The number of carbonyl (C=O) groups excluding carboxylic acids is 2. The zero-order valence-electron chi connectivity index (χ0n) is 10.8. The molecular formula is C11H23N3O2S. The van der Waals surface area contributed by atoms with Crippen LogP contribution in [0.2, 0.25) is 0 Å². The third-order valence-electron chi connectivity index (χ3n) is 2.09. The number of hydrogen-bond donors (Lipinski definition) is 3. The molecule has 17 heavy (non-hydrogen) atoms. The van der Waals surface area contributed by atoms with Crippen molar-refractivity contribution < 1.29 is 9.59 Å². The lowest BCUT2D eigenvalue weighted by Gasteiger charge is -2.13. The number of thioether (sulfide) groups is 1. The van der Waals surface area contributed by atoms with Crippen LogP contribution in [0, 0.1) is 0 Å². The molecule has 1 unspecified atom stereocenters. The maximum Gasteiger partial charge on any atom is 0.321 e. The lowest BCUT2D eigenvalue weighted by atomic mass is 10.3. The molecule has 0 fully saturated rings. The molecule has 3 N–H and O–H groups in total. The summed E-state index contributed by atoms with van der Waals surface area (Å²) in [6.45, 7) is 6.98. The summed E-state index contributed by atoms with van der Waals surface area (Å²) in [6.07, 6.45) is 1.03. The molecule has 6 heteroatoms. The number of carbonyl (C=O) groups is 2. The third kappa shape index (κ3) is 9.00. The Morgan fingerprint density at radius 2 is 2.00 bits per heavy atom. The summed E-state index contributed by atoms with van der Waals surface area (Å²) < 4.78 is 0. The van der Waals surface area contributed by atoms with Gasteiger partial charge in [-0.15, -0.1) is 0 Å². The zero-order chi connectivity index (χ0) is 13.1. The highest BCUT2D eigenvalue weighted by atomic mass is 32.2. The number of nitrogens with one attached hydrogen (secondary N) is 3. The van der Waals surface area contributed by atoms with Gasteiger partial charge in [-0.1, -0.05) is 6.92 Å². The Bertz CT molecular complexity index is 237. The molecule has 0 aliphatic carbocycles. The molecule has 3 amide bonds. The first-order valence-electron chi connectivity index (χ1n) is 6.01. The Labute approximate surface area is 107 Å². The average Bonchev–Trinajstić information content (AvgIpc) is 2.28. The van der Waals surface area contributed by atoms with Gasteiger partial charge in [0.25, 0.3) is 0 Å². The lowest BCUT2D eigenvalue weighted by molar-refractivity contribution is -0.121.